The highest BCUT2D eigenvalue weighted by Crippen LogP contribution is 2.31. The molecule has 0 N–H and O–H groups in total. The van der Waals surface area contributed by atoms with Crippen LogP contribution < -0.4 is 0 Å². The molecular formula is C11H21NO. The van der Waals surface area contributed by atoms with Crippen molar-refractivity contribution < 1.29 is 4.79 Å². The Balaban J connectivity index is 2.84. The quantitative estimate of drug-likeness (QED) is 0.611. The van der Waals surface area contributed by atoms with Gasteiger partial charge in [-0.3, -0.25) is 4.79 Å². The van der Waals surface area contributed by atoms with E-state index in [9.17, 15) is 4.79 Å². The maximum absolute atomic E-state index is 11.7. The van der Waals surface area contributed by atoms with Gasteiger partial charge in [-0.1, -0.05) is 13.8 Å². The molecule has 1 heterocycles. The molecule has 1 atom stereocenters. The van der Waals surface area contributed by atoms with Crippen molar-refractivity contribution in [2.24, 2.45) is 5.92 Å². The number of amides is 1. The number of hydrogen-bond donors (Lipinski definition) is 0. The molecule has 0 spiro atoms. The molecule has 0 aromatic heterocycles. The Morgan fingerprint density at radius 2 is 1.92 bits per heavy atom. The Morgan fingerprint density at radius 3 is 2.23 bits per heavy atom. The zero-order valence-corrected chi connectivity index (χ0v) is 9.42. The summed E-state index contributed by atoms with van der Waals surface area (Å²) < 4.78 is 0. The van der Waals surface area contributed by atoms with Crippen LogP contribution in [0, 0.1) is 5.92 Å². The summed E-state index contributed by atoms with van der Waals surface area (Å²) in [5.41, 5.74) is -0.0114. The third-order valence-corrected chi connectivity index (χ3v) is 2.75. The maximum Gasteiger partial charge on any atom is 0.223 e. The van der Waals surface area contributed by atoms with E-state index in [1.807, 2.05) is 0 Å². The average Bonchev–Trinajstić information content (AvgIpc) is 2.28. The van der Waals surface area contributed by atoms with Crippen LogP contribution in [0.5, 0.6) is 0 Å². The molecule has 2 heteroatoms. The van der Waals surface area contributed by atoms with Crippen LogP contribution in [0.15, 0.2) is 0 Å². The van der Waals surface area contributed by atoms with Crippen molar-refractivity contribution in [1.29, 1.82) is 0 Å². The van der Waals surface area contributed by atoms with Crippen LogP contribution in [0.3, 0.4) is 0 Å². The fraction of sp³-hybridized carbons (Fsp3) is 0.909. The minimum absolute atomic E-state index is 0.0114. The van der Waals surface area contributed by atoms with E-state index in [0.717, 1.165) is 12.8 Å². The SMILES string of the molecule is CC(C)[C@@H]1CCC(=O)N1C(C)(C)C. The summed E-state index contributed by atoms with van der Waals surface area (Å²) in [7, 11) is 0. The van der Waals surface area contributed by atoms with Crippen LogP contribution >= 0.6 is 0 Å². The van der Waals surface area contributed by atoms with Gasteiger partial charge in [-0.25, -0.2) is 0 Å². The molecule has 1 rings (SSSR count). The van der Waals surface area contributed by atoms with Crippen LogP contribution in [0.2, 0.25) is 0 Å². The molecule has 0 aromatic rings. The number of likely N-dealkylation sites (tertiary alicyclic amines) is 1. The van der Waals surface area contributed by atoms with E-state index in [1.54, 1.807) is 0 Å². The zero-order valence-electron chi connectivity index (χ0n) is 9.42. The summed E-state index contributed by atoms with van der Waals surface area (Å²) in [6, 6.07) is 0.451. The lowest BCUT2D eigenvalue weighted by molar-refractivity contribution is -0.134. The highest BCUT2D eigenvalue weighted by atomic mass is 16.2. The third kappa shape index (κ3) is 2.04. The van der Waals surface area contributed by atoms with Crippen LogP contribution in [0.1, 0.15) is 47.5 Å². The molecule has 0 unspecified atom stereocenters. The predicted molar refractivity (Wildman–Crippen MR) is 54.5 cm³/mol. The first-order valence-electron chi connectivity index (χ1n) is 5.16. The number of nitrogens with zero attached hydrogens (tertiary/aromatic N) is 1. The molecule has 0 bridgehead atoms. The molecule has 0 aliphatic carbocycles. The monoisotopic (exact) mass is 183 g/mol. The lowest BCUT2D eigenvalue weighted by atomic mass is 9.97. The first kappa shape index (κ1) is 10.6. The van der Waals surface area contributed by atoms with Crippen LogP contribution in [0.4, 0.5) is 0 Å². The van der Waals surface area contributed by atoms with Crippen molar-refractivity contribution in [2.75, 3.05) is 0 Å². The van der Waals surface area contributed by atoms with Crippen molar-refractivity contribution >= 4 is 5.91 Å². The average molecular weight is 183 g/mol. The van der Waals surface area contributed by atoms with Gasteiger partial charge in [0.05, 0.1) is 0 Å². The lowest BCUT2D eigenvalue weighted by Crippen LogP contribution is -2.48. The van der Waals surface area contributed by atoms with E-state index in [0.29, 0.717) is 17.9 Å². The first-order valence-corrected chi connectivity index (χ1v) is 5.16. The number of hydrogen-bond acceptors (Lipinski definition) is 1. The van der Waals surface area contributed by atoms with Gasteiger partial charge in [0.15, 0.2) is 0 Å². The van der Waals surface area contributed by atoms with Gasteiger partial charge >= 0.3 is 0 Å². The van der Waals surface area contributed by atoms with E-state index in [1.165, 1.54) is 0 Å². The summed E-state index contributed by atoms with van der Waals surface area (Å²) in [5, 5.41) is 0. The van der Waals surface area contributed by atoms with Gasteiger partial charge in [-0.15, -0.1) is 0 Å². The Hall–Kier alpha value is -0.530. The van der Waals surface area contributed by atoms with Crippen LogP contribution in [0.25, 0.3) is 0 Å². The Labute approximate surface area is 81.3 Å². The van der Waals surface area contributed by atoms with Gasteiger partial charge < -0.3 is 4.90 Å². The minimum Gasteiger partial charge on any atom is -0.335 e. The Kier molecular flexibility index (Phi) is 2.69. The second-order valence-corrected chi connectivity index (χ2v) is 5.28. The van der Waals surface area contributed by atoms with Crippen LogP contribution in [-0.4, -0.2) is 22.4 Å². The van der Waals surface area contributed by atoms with Crippen molar-refractivity contribution in [3.8, 4) is 0 Å². The van der Waals surface area contributed by atoms with Crippen molar-refractivity contribution in [1.82, 2.24) is 4.90 Å². The van der Waals surface area contributed by atoms with Gasteiger partial charge in [0.25, 0.3) is 0 Å². The molecule has 1 amide bonds. The zero-order chi connectivity index (χ0) is 10.2. The van der Waals surface area contributed by atoms with Crippen molar-refractivity contribution in [3.63, 3.8) is 0 Å². The van der Waals surface area contributed by atoms with Gasteiger partial charge in [-0.05, 0) is 33.1 Å². The van der Waals surface area contributed by atoms with E-state index in [4.69, 9.17) is 0 Å². The van der Waals surface area contributed by atoms with E-state index in [2.05, 4.69) is 39.5 Å². The number of rotatable bonds is 1. The van der Waals surface area contributed by atoms with Crippen LogP contribution in [-0.2, 0) is 4.79 Å². The number of carbonyl (C=O) groups is 1. The predicted octanol–water partition coefficient (Wildman–Crippen LogP) is 2.43. The summed E-state index contributed by atoms with van der Waals surface area (Å²) >= 11 is 0. The summed E-state index contributed by atoms with van der Waals surface area (Å²) in [4.78, 5) is 13.7. The largest absolute Gasteiger partial charge is 0.335 e. The Bertz CT molecular complexity index is 203. The molecule has 1 aliphatic heterocycles. The molecule has 1 saturated heterocycles. The smallest absolute Gasteiger partial charge is 0.223 e. The van der Waals surface area contributed by atoms with Crippen molar-refractivity contribution in [2.45, 2.75) is 59.0 Å². The van der Waals surface area contributed by atoms with Gasteiger partial charge in [0, 0.05) is 18.0 Å². The van der Waals surface area contributed by atoms with Gasteiger partial charge in [0.1, 0.15) is 0 Å². The fourth-order valence-electron chi connectivity index (χ4n) is 2.21. The van der Waals surface area contributed by atoms with Crippen molar-refractivity contribution in [3.05, 3.63) is 0 Å². The summed E-state index contributed by atoms with van der Waals surface area (Å²) in [6.45, 7) is 10.7. The van der Waals surface area contributed by atoms with Gasteiger partial charge in [-0.2, -0.15) is 0 Å². The lowest BCUT2D eigenvalue weighted by Gasteiger charge is -2.39. The highest BCUT2D eigenvalue weighted by Gasteiger charge is 2.39. The second-order valence-electron chi connectivity index (χ2n) is 5.28. The first-order chi connectivity index (χ1) is 5.84. The number of carbonyl (C=O) groups excluding carboxylic acids is 1. The third-order valence-electron chi connectivity index (χ3n) is 2.75. The summed E-state index contributed by atoms with van der Waals surface area (Å²) in [5.74, 6) is 0.900. The molecule has 2 nitrogen and oxygen atoms in total. The summed E-state index contributed by atoms with van der Waals surface area (Å²) in [6.07, 6.45) is 1.77. The van der Waals surface area contributed by atoms with E-state index < -0.39 is 0 Å². The molecule has 1 fully saturated rings. The standard InChI is InChI=1S/C11H21NO/c1-8(2)9-6-7-10(13)12(9)11(3,4)5/h8-9H,6-7H2,1-5H3/t9-/m0/s1. The molecule has 76 valence electrons. The van der Waals surface area contributed by atoms with E-state index in [-0.39, 0.29) is 5.54 Å². The maximum atomic E-state index is 11.7. The van der Waals surface area contributed by atoms with E-state index >= 15 is 0 Å². The Morgan fingerprint density at radius 1 is 1.38 bits per heavy atom. The normalized spacial score (nSPS) is 24.6. The molecule has 0 saturated carbocycles. The van der Waals surface area contributed by atoms with Gasteiger partial charge in [0.2, 0.25) is 5.91 Å². The molecule has 0 radical (unpaired) electrons. The molecule has 13 heavy (non-hydrogen) atoms. The molecule has 0 aromatic carbocycles. The minimum atomic E-state index is -0.0114. The second kappa shape index (κ2) is 3.32. The molecular weight excluding hydrogens is 162 g/mol. The topological polar surface area (TPSA) is 20.3 Å². The highest BCUT2D eigenvalue weighted by molar-refractivity contribution is 5.79. The molecule has 1 aliphatic rings. The fourth-order valence-corrected chi connectivity index (χ4v) is 2.21.